The van der Waals surface area contributed by atoms with Crippen molar-refractivity contribution in [1.82, 2.24) is 14.8 Å². The van der Waals surface area contributed by atoms with Crippen molar-refractivity contribution in [3.63, 3.8) is 0 Å². The van der Waals surface area contributed by atoms with Gasteiger partial charge in [-0.25, -0.2) is 13.4 Å². The summed E-state index contributed by atoms with van der Waals surface area (Å²) in [6.07, 6.45) is 1.53. The summed E-state index contributed by atoms with van der Waals surface area (Å²) in [4.78, 5) is 21.0. The number of carbonyl (C=O) groups excluding carboxylic acids is 1. The van der Waals surface area contributed by atoms with E-state index >= 15 is 0 Å². The summed E-state index contributed by atoms with van der Waals surface area (Å²) >= 11 is 1.50. The second kappa shape index (κ2) is 9.69. The molecule has 0 aliphatic carbocycles. The topological polar surface area (TPSA) is 79.8 Å². The first-order chi connectivity index (χ1) is 13.8. The fraction of sp³-hybridized carbons (Fsp3) is 0.500. The van der Waals surface area contributed by atoms with Crippen LogP contribution in [-0.4, -0.2) is 73.8 Å². The molecule has 2 heterocycles. The van der Waals surface area contributed by atoms with Gasteiger partial charge in [-0.05, 0) is 19.1 Å². The lowest BCUT2D eigenvalue weighted by atomic mass is 10.2. The van der Waals surface area contributed by atoms with Gasteiger partial charge in [-0.2, -0.15) is 0 Å². The molecule has 0 N–H and O–H groups in total. The molecule has 1 aromatic carbocycles. The molecule has 1 aliphatic heterocycles. The maximum atomic E-state index is 12.6. The van der Waals surface area contributed by atoms with Crippen molar-refractivity contribution in [3.8, 4) is 5.75 Å². The van der Waals surface area contributed by atoms with E-state index in [0.717, 1.165) is 16.5 Å². The highest BCUT2D eigenvalue weighted by molar-refractivity contribution is 7.90. The second-order valence-electron chi connectivity index (χ2n) is 7.36. The Balaban J connectivity index is 1.42. The first kappa shape index (κ1) is 21.7. The predicted molar refractivity (Wildman–Crippen MR) is 114 cm³/mol. The van der Waals surface area contributed by atoms with Gasteiger partial charge in [-0.1, -0.05) is 17.7 Å². The van der Waals surface area contributed by atoms with Gasteiger partial charge in [0.25, 0.3) is 0 Å². The van der Waals surface area contributed by atoms with Gasteiger partial charge in [0.05, 0.1) is 17.9 Å². The number of aryl methyl sites for hydroxylation is 1. The zero-order valence-electron chi connectivity index (χ0n) is 16.8. The summed E-state index contributed by atoms with van der Waals surface area (Å²) in [6, 6.07) is 7.87. The SMILES string of the molecule is Cc1ccc(OCc2nc(CC(=O)N3CCN(CCS(C)(=O)=O)CC3)cs2)cc1. The third-order valence-electron chi connectivity index (χ3n) is 4.82. The number of nitrogens with zero attached hydrogens (tertiary/aromatic N) is 3. The van der Waals surface area contributed by atoms with Gasteiger partial charge < -0.3 is 9.64 Å². The number of thiazole rings is 1. The highest BCUT2D eigenvalue weighted by atomic mass is 32.2. The van der Waals surface area contributed by atoms with Crippen LogP contribution >= 0.6 is 11.3 Å². The summed E-state index contributed by atoms with van der Waals surface area (Å²) < 4.78 is 28.3. The van der Waals surface area contributed by atoms with Crippen LogP contribution in [0.4, 0.5) is 0 Å². The molecule has 0 bridgehead atoms. The normalized spacial score (nSPS) is 15.4. The number of benzene rings is 1. The Bertz CT molecular complexity index is 917. The van der Waals surface area contributed by atoms with Gasteiger partial charge in [0, 0.05) is 44.4 Å². The number of piperazine rings is 1. The molecule has 0 atom stereocenters. The predicted octanol–water partition coefficient (Wildman–Crippen LogP) is 1.76. The summed E-state index contributed by atoms with van der Waals surface area (Å²) in [5, 5.41) is 2.76. The monoisotopic (exact) mass is 437 g/mol. The van der Waals surface area contributed by atoms with Gasteiger partial charge in [0.2, 0.25) is 5.91 Å². The van der Waals surface area contributed by atoms with Gasteiger partial charge in [0.1, 0.15) is 27.2 Å². The Kier molecular flexibility index (Phi) is 7.26. The van der Waals surface area contributed by atoms with E-state index in [9.17, 15) is 13.2 Å². The number of hydrogen-bond acceptors (Lipinski definition) is 7. The summed E-state index contributed by atoms with van der Waals surface area (Å²) in [5.41, 5.74) is 1.95. The summed E-state index contributed by atoms with van der Waals surface area (Å²) in [6.45, 7) is 5.59. The molecule has 1 aliphatic rings. The van der Waals surface area contributed by atoms with Gasteiger partial charge in [-0.15, -0.1) is 11.3 Å². The molecule has 1 amide bonds. The standard InChI is InChI=1S/C20H27N3O4S2/c1-16-3-5-18(6-4-16)27-14-19-21-17(15-28-19)13-20(24)23-9-7-22(8-10-23)11-12-29(2,25)26/h3-6,15H,7-14H2,1-2H3. The third kappa shape index (κ3) is 7.09. The average molecular weight is 438 g/mol. The van der Waals surface area contributed by atoms with Crippen molar-refractivity contribution >= 4 is 27.1 Å². The molecule has 2 aromatic rings. The fourth-order valence-electron chi connectivity index (χ4n) is 3.06. The number of carbonyl (C=O) groups is 1. The van der Waals surface area contributed by atoms with Crippen LogP contribution in [0.1, 0.15) is 16.3 Å². The van der Waals surface area contributed by atoms with E-state index in [4.69, 9.17) is 4.74 Å². The van der Waals surface area contributed by atoms with Crippen molar-refractivity contribution in [2.24, 2.45) is 0 Å². The number of hydrogen-bond donors (Lipinski definition) is 0. The van der Waals surface area contributed by atoms with Gasteiger partial charge in [-0.3, -0.25) is 9.69 Å². The van der Waals surface area contributed by atoms with Crippen LogP contribution in [0.5, 0.6) is 5.75 Å². The molecule has 158 valence electrons. The lowest BCUT2D eigenvalue weighted by Gasteiger charge is -2.34. The van der Waals surface area contributed by atoms with E-state index in [1.165, 1.54) is 23.2 Å². The first-order valence-corrected chi connectivity index (χ1v) is 12.5. The number of aromatic nitrogens is 1. The van der Waals surface area contributed by atoms with Crippen molar-refractivity contribution in [2.45, 2.75) is 20.0 Å². The van der Waals surface area contributed by atoms with E-state index in [0.29, 0.717) is 39.3 Å². The number of sulfone groups is 1. The molecule has 29 heavy (non-hydrogen) atoms. The van der Waals surface area contributed by atoms with Crippen molar-refractivity contribution in [3.05, 3.63) is 45.9 Å². The molecule has 0 saturated carbocycles. The molecule has 1 saturated heterocycles. The summed E-state index contributed by atoms with van der Waals surface area (Å²) in [5.74, 6) is 1.02. The van der Waals surface area contributed by atoms with Crippen LogP contribution in [0, 0.1) is 6.92 Å². The molecule has 7 nitrogen and oxygen atoms in total. The first-order valence-electron chi connectivity index (χ1n) is 9.59. The maximum Gasteiger partial charge on any atom is 0.228 e. The van der Waals surface area contributed by atoms with E-state index in [2.05, 4.69) is 9.88 Å². The Morgan fingerprint density at radius 3 is 2.52 bits per heavy atom. The van der Waals surface area contributed by atoms with E-state index < -0.39 is 9.84 Å². The van der Waals surface area contributed by atoms with Crippen LogP contribution in [-0.2, 0) is 27.7 Å². The van der Waals surface area contributed by atoms with Gasteiger partial charge in [0.15, 0.2) is 0 Å². The molecular formula is C20H27N3O4S2. The number of ether oxygens (including phenoxy) is 1. The van der Waals surface area contributed by atoms with Gasteiger partial charge >= 0.3 is 0 Å². The lowest BCUT2D eigenvalue weighted by Crippen LogP contribution is -2.50. The molecule has 0 unspecified atom stereocenters. The zero-order chi connectivity index (χ0) is 20.9. The minimum atomic E-state index is -2.96. The Morgan fingerprint density at radius 1 is 1.17 bits per heavy atom. The largest absolute Gasteiger partial charge is 0.486 e. The van der Waals surface area contributed by atoms with E-state index in [1.54, 1.807) is 0 Å². The number of rotatable bonds is 8. The van der Waals surface area contributed by atoms with Crippen molar-refractivity contribution in [1.29, 1.82) is 0 Å². The molecular weight excluding hydrogens is 410 g/mol. The van der Waals surface area contributed by atoms with Crippen LogP contribution in [0.15, 0.2) is 29.6 Å². The molecule has 1 fully saturated rings. The minimum Gasteiger partial charge on any atom is -0.486 e. The lowest BCUT2D eigenvalue weighted by molar-refractivity contribution is -0.132. The maximum absolute atomic E-state index is 12.6. The fourth-order valence-corrected chi connectivity index (χ4v) is 4.35. The quantitative estimate of drug-likeness (QED) is 0.626. The molecule has 0 spiro atoms. The zero-order valence-corrected chi connectivity index (χ0v) is 18.5. The highest BCUT2D eigenvalue weighted by Crippen LogP contribution is 2.17. The highest BCUT2D eigenvalue weighted by Gasteiger charge is 2.22. The second-order valence-corrected chi connectivity index (χ2v) is 10.6. The Labute approximate surface area is 176 Å². The third-order valence-corrected chi connectivity index (χ3v) is 6.61. The average Bonchev–Trinajstić information content (AvgIpc) is 3.13. The van der Waals surface area contributed by atoms with Crippen molar-refractivity contribution in [2.75, 3.05) is 44.7 Å². The minimum absolute atomic E-state index is 0.0593. The van der Waals surface area contributed by atoms with Crippen molar-refractivity contribution < 1.29 is 17.9 Å². The van der Waals surface area contributed by atoms with E-state index in [-0.39, 0.29) is 18.1 Å². The van der Waals surface area contributed by atoms with Crippen LogP contribution < -0.4 is 4.74 Å². The molecule has 9 heteroatoms. The molecule has 3 rings (SSSR count). The molecule has 0 radical (unpaired) electrons. The smallest absolute Gasteiger partial charge is 0.228 e. The van der Waals surface area contributed by atoms with Crippen LogP contribution in [0.3, 0.4) is 0 Å². The Hall–Kier alpha value is -1.97. The Morgan fingerprint density at radius 2 is 1.86 bits per heavy atom. The van der Waals surface area contributed by atoms with E-state index in [1.807, 2.05) is 41.5 Å². The number of amides is 1. The van der Waals surface area contributed by atoms with Crippen LogP contribution in [0.2, 0.25) is 0 Å². The van der Waals surface area contributed by atoms with Crippen LogP contribution in [0.25, 0.3) is 0 Å². The summed E-state index contributed by atoms with van der Waals surface area (Å²) in [7, 11) is -2.96. The molecule has 1 aromatic heterocycles.